The zero-order valence-electron chi connectivity index (χ0n) is 23.8. The maximum Gasteiger partial charge on any atom is 0.254 e. The number of nitrogens with two attached hydrogens (primary N) is 2. The predicted octanol–water partition coefficient (Wildman–Crippen LogP) is 3.11. The average molecular weight is 577 g/mol. The van der Waals surface area contributed by atoms with Crippen molar-refractivity contribution >= 4 is 49.3 Å². The number of fused-ring (bicyclic) bond motifs is 3. The van der Waals surface area contributed by atoms with E-state index in [1.165, 1.54) is 10.6 Å². The van der Waals surface area contributed by atoms with Crippen LogP contribution in [0.15, 0.2) is 48.5 Å². The summed E-state index contributed by atoms with van der Waals surface area (Å²) in [6.45, 7) is 6.69. The first-order valence-electron chi connectivity index (χ1n) is 13.6. The van der Waals surface area contributed by atoms with Crippen molar-refractivity contribution in [2.75, 3.05) is 43.8 Å². The van der Waals surface area contributed by atoms with Crippen LogP contribution >= 0.6 is 0 Å². The smallest absolute Gasteiger partial charge is 0.254 e. The zero-order valence-corrected chi connectivity index (χ0v) is 24.6. The number of nitrogens with zero attached hydrogens (tertiary/aromatic N) is 3. The van der Waals surface area contributed by atoms with Crippen LogP contribution in [0.1, 0.15) is 40.1 Å². The van der Waals surface area contributed by atoms with E-state index in [-0.39, 0.29) is 18.5 Å². The monoisotopic (exact) mass is 576 g/mol. The van der Waals surface area contributed by atoms with Gasteiger partial charge in [-0.25, -0.2) is 8.42 Å². The van der Waals surface area contributed by atoms with E-state index in [0.29, 0.717) is 46.5 Å². The SMILES string of the molecule is CC(C)N(c1cccc(-c2ccc(C(N)=O)c3[nH]c4cc(C(=O)N5CCN(C)CC5)ccc4c23)c1CN)S(C)(=O)=O. The number of amides is 2. The highest BCUT2D eigenvalue weighted by Crippen LogP contribution is 2.40. The molecule has 0 aliphatic carbocycles. The first kappa shape index (κ1) is 28.6. The van der Waals surface area contributed by atoms with Crippen molar-refractivity contribution in [2.45, 2.75) is 26.4 Å². The predicted molar refractivity (Wildman–Crippen MR) is 164 cm³/mol. The number of sulfonamides is 1. The number of nitrogens with one attached hydrogen (secondary N) is 1. The van der Waals surface area contributed by atoms with Crippen LogP contribution in [0.5, 0.6) is 0 Å². The van der Waals surface area contributed by atoms with Crippen molar-refractivity contribution in [2.24, 2.45) is 11.5 Å². The number of aromatic amines is 1. The molecule has 10 nitrogen and oxygen atoms in total. The van der Waals surface area contributed by atoms with Gasteiger partial charge >= 0.3 is 0 Å². The second-order valence-corrected chi connectivity index (χ2v) is 12.8. The lowest BCUT2D eigenvalue weighted by molar-refractivity contribution is 0.0664. The third-order valence-corrected chi connectivity index (χ3v) is 9.10. The number of benzene rings is 3. The number of primary amides is 1. The van der Waals surface area contributed by atoms with Crippen LogP contribution in [-0.4, -0.2) is 80.5 Å². The fourth-order valence-corrected chi connectivity index (χ4v) is 7.15. The van der Waals surface area contributed by atoms with Crippen molar-refractivity contribution < 1.29 is 18.0 Å². The summed E-state index contributed by atoms with van der Waals surface area (Å²) in [5.41, 5.74) is 16.8. The van der Waals surface area contributed by atoms with Gasteiger partial charge in [-0.3, -0.25) is 13.9 Å². The van der Waals surface area contributed by atoms with E-state index in [1.54, 1.807) is 24.3 Å². The second-order valence-electron chi connectivity index (χ2n) is 10.9. The van der Waals surface area contributed by atoms with Gasteiger partial charge in [-0.15, -0.1) is 0 Å². The molecule has 2 amide bonds. The third kappa shape index (κ3) is 5.16. The summed E-state index contributed by atoms with van der Waals surface area (Å²) in [4.78, 5) is 33.1. The summed E-state index contributed by atoms with van der Waals surface area (Å²) in [5.74, 6) is -0.626. The number of hydrogen-bond donors (Lipinski definition) is 3. The van der Waals surface area contributed by atoms with Gasteiger partial charge in [0.1, 0.15) is 0 Å². The second kappa shape index (κ2) is 10.8. The van der Waals surface area contributed by atoms with Crippen LogP contribution in [0.25, 0.3) is 32.9 Å². The van der Waals surface area contributed by atoms with E-state index < -0.39 is 15.9 Å². The van der Waals surface area contributed by atoms with E-state index in [9.17, 15) is 18.0 Å². The normalized spacial score (nSPS) is 14.7. The van der Waals surface area contributed by atoms with Crippen molar-refractivity contribution in [1.82, 2.24) is 14.8 Å². The topological polar surface area (TPSA) is 146 Å². The van der Waals surface area contributed by atoms with Gasteiger partial charge in [0.2, 0.25) is 10.0 Å². The quantitative estimate of drug-likeness (QED) is 0.308. The van der Waals surface area contributed by atoms with Crippen molar-refractivity contribution in [3.05, 3.63) is 65.2 Å². The van der Waals surface area contributed by atoms with Crippen molar-refractivity contribution in [3.8, 4) is 11.1 Å². The summed E-state index contributed by atoms with van der Waals surface area (Å²) >= 11 is 0. The molecule has 5 N–H and O–H groups in total. The molecule has 3 aromatic carbocycles. The standard InChI is InChI=1S/C30H36N6O4S/c1-18(2)36(41(4,39)40)26-7-5-6-20(24(26)17-31)21-10-11-23(29(32)37)28-27(21)22-9-8-19(16-25(22)33-28)30(38)35-14-12-34(3)13-15-35/h5-11,16,18,33H,12-15,17,31H2,1-4H3,(H2,32,37). The first-order valence-corrected chi connectivity index (χ1v) is 15.4. The fraction of sp³-hybridized carbons (Fsp3) is 0.333. The Balaban J connectivity index is 1.72. The molecule has 1 fully saturated rings. The van der Waals surface area contributed by atoms with Gasteiger partial charge in [0.25, 0.3) is 11.8 Å². The number of aromatic nitrogens is 1. The van der Waals surface area contributed by atoms with Gasteiger partial charge in [0.05, 0.1) is 23.0 Å². The number of hydrogen-bond acceptors (Lipinski definition) is 6. The molecular formula is C30H36N6O4S. The van der Waals surface area contributed by atoms with E-state index in [0.717, 1.165) is 35.0 Å². The third-order valence-electron chi connectivity index (χ3n) is 7.77. The minimum absolute atomic E-state index is 0.0401. The Kier molecular flexibility index (Phi) is 7.54. The van der Waals surface area contributed by atoms with Gasteiger partial charge in [-0.2, -0.15) is 0 Å². The van der Waals surface area contributed by atoms with Crippen LogP contribution in [-0.2, 0) is 16.6 Å². The largest absolute Gasteiger partial charge is 0.366 e. The van der Waals surface area contributed by atoms with Crippen LogP contribution in [0.2, 0.25) is 0 Å². The Morgan fingerprint density at radius 1 is 1.02 bits per heavy atom. The summed E-state index contributed by atoms with van der Waals surface area (Å²) in [6.07, 6.45) is 1.18. The Hall–Kier alpha value is -3.93. The molecule has 0 radical (unpaired) electrons. The zero-order chi connectivity index (χ0) is 29.6. The number of carbonyl (C=O) groups is 2. The number of rotatable bonds is 7. The molecule has 41 heavy (non-hydrogen) atoms. The highest BCUT2D eigenvalue weighted by atomic mass is 32.2. The molecule has 1 aliphatic rings. The van der Waals surface area contributed by atoms with Crippen LogP contribution in [0.4, 0.5) is 5.69 Å². The molecule has 0 spiro atoms. The van der Waals surface area contributed by atoms with Crippen molar-refractivity contribution in [1.29, 1.82) is 0 Å². The molecule has 1 aromatic heterocycles. The molecule has 0 saturated carbocycles. The molecular weight excluding hydrogens is 540 g/mol. The Morgan fingerprint density at radius 2 is 1.73 bits per heavy atom. The summed E-state index contributed by atoms with van der Waals surface area (Å²) < 4.78 is 26.9. The summed E-state index contributed by atoms with van der Waals surface area (Å²) in [7, 11) is -1.55. The minimum atomic E-state index is -3.59. The fourth-order valence-electron chi connectivity index (χ4n) is 5.86. The van der Waals surface area contributed by atoms with Crippen LogP contribution in [0, 0.1) is 0 Å². The molecule has 0 atom stereocenters. The molecule has 1 saturated heterocycles. The lowest BCUT2D eigenvalue weighted by Gasteiger charge is -2.32. The maximum absolute atomic E-state index is 13.3. The molecule has 0 bridgehead atoms. The number of carbonyl (C=O) groups excluding carboxylic acids is 2. The van der Waals surface area contributed by atoms with Crippen LogP contribution < -0.4 is 15.8 Å². The number of piperazine rings is 1. The summed E-state index contributed by atoms with van der Waals surface area (Å²) in [6, 6.07) is 14.1. The highest BCUT2D eigenvalue weighted by Gasteiger charge is 2.26. The lowest BCUT2D eigenvalue weighted by Crippen LogP contribution is -2.47. The molecule has 5 rings (SSSR count). The van der Waals surface area contributed by atoms with Gasteiger partial charge in [-0.05, 0) is 61.9 Å². The van der Waals surface area contributed by atoms with E-state index >= 15 is 0 Å². The van der Waals surface area contributed by atoms with E-state index in [4.69, 9.17) is 11.5 Å². The molecule has 1 aliphatic heterocycles. The average Bonchev–Trinajstić information content (AvgIpc) is 3.30. The maximum atomic E-state index is 13.3. The van der Waals surface area contributed by atoms with Gasteiger partial charge in [-0.1, -0.05) is 24.3 Å². The lowest BCUT2D eigenvalue weighted by atomic mass is 9.92. The number of likely N-dealkylation sites (N-methyl/N-ethyl adjacent to an activating group) is 1. The summed E-state index contributed by atoms with van der Waals surface area (Å²) in [5, 5.41) is 1.56. The first-order chi connectivity index (χ1) is 19.4. The minimum Gasteiger partial charge on any atom is -0.366 e. The molecule has 2 heterocycles. The van der Waals surface area contributed by atoms with E-state index in [1.807, 2.05) is 50.1 Å². The van der Waals surface area contributed by atoms with E-state index in [2.05, 4.69) is 9.88 Å². The Morgan fingerprint density at radius 3 is 2.34 bits per heavy atom. The number of H-pyrrole nitrogens is 1. The Labute approximate surface area is 239 Å². The molecule has 216 valence electrons. The Bertz CT molecular complexity index is 1770. The van der Waals surface area contributed by atoms with Gasteiger partial charge in [0.15, 0.2) is 0 Å². The molecule has 11 heteroatoms. The highest BCUT2D eigenvalue weighted by molar-refractivity contribution is 7.92. The molecule has 0 unspecified atom stereocenters. The van der Waals surface area contributed by atoms with Gasteiger partial charge in [0, 0.05) is 60.6 Å². The van der Waals surface area contributed by atoms with Gasteiger partial charge < -0.3 is 26.3 Å². The van der Waals surface area contributed by atoms with Crippen LogP contribution in [0.3, 0.4) is 0 Å². The molecule has 4 aromatic rings. The number of anilines is 1. The van der Waals surface area contributed by atoms with Crippen molar-refractivity contribution in [3.63, 3.8) is 0 Å².